The Morgan fingerprint density at radius 3 is 1.98 bits per heavy atom. The lowest BCUT2D eigenvalue weighted by atomic mass is 9.99. The first kappa shape index (κ1) is 27.4. The van der Waals surface area contributed by atoms with Gasteiger partial charge in [0.15, 0.2) is 0 Å². The van der Waals surface area contributed by atoms with E-state index in [-0.39, 0.29) is 0 Å². The van der Waals surface area contributed by atoms with Gasteiger partial charge in [0.1, 0.15) is 0 Å². The molecule has 214 valence electrons. The van der Waals surface area contributed by atoms with Crippen LogP contribution in [0.5, 0.6) is 0 Å². The summed E-state index contributed by atoms with van der Waals surface area (Å²) in [6, 6.07) is 25.4. The number of benzene rings is 2. The first-order valence-electron chi connectivity index (χ1n) is 15.1. The highest BCUT2D eigenvalue weighted by molar-refractivity contribution is 5.93. The number of nitrogens with one attached hydrogen (secondary N) is 2. The van der Waals surface area contributed by atoms with E-state index in [0.717, 1.165) is 85.6 Å². The monoisotopic (exact) mass is 570 g/mol. The van der Waals surface area contributed by atoms with Gasteiger partial charge in [0, 0.05) is 39.1 Å². The van der Waals surface area contributed by atoms with Gasteiger partial charge < -0.3 is 9.97 Å². The first-order valence-corrected chi connectivity index (χ1v) is 15.1. The van der Waals surface area contributed by atoms with Gasteiger partial charge in [-0.05, 0) is 85.4 Å². The summed E-state index contributed by atoms with van der Waals surface area (Å²) in [5.41, 5.74) is 16.1. The number of aromatic nitrogens is 4. The maximum Gasteiger partial charge on any atom is 0.0737 e. The van der Waals surface area contributed by atoms with E-state index in [1.54, 1.807) is 6.08 Å². The highest BCUT2D eigenvalue weighted by atomic mass is 14.8. The maximum absolute atomic E-state index is 5.31. The predicted octanol–water partition coefficient (Wildman–Crippen LogP) is 9.95. The number of hydrogen-bond donors (Lipinski definition) is 2. The second-order valence-corrected chi connectivity index (χ2v) is 11.3. The number of nitrogens with zero attached hydrogens (tertiary/aromatic N) is 2. The molecule has 8 bridgehead atoms. The van der Waals surface area contributed by atoms with E-state index >= 15 is 0 Å². The molecule has 4 heteroatoms. The summed E-state index contributed by atoms with van der Waals surface area (Å²) in [6.45, 7) is 8.14. The summed E-state index contributed by atoms with van der Waals surface area (Å²) in [7, 11) is 0. The maximum atomic E-state index is 5.31. The average molecular weight is 571 g/mol. The SMILES string of the molecule is C=C/C=C\C=C(/C)c1c2nc(c(-c3ccccc3)c3ccc([nH]3)c(C)c3nc(c(-c4ccccc4)c4[nH]c1CC4)C=C3)C=C2. The fourth-order valence-electron chi connectivity index (χ4n) is 6.26. The number of fused-ring (bicyclic) bond motifs is 8. The zero-order chi connectivity index (χ0) is 30.0. The van der Waals surface area contributed by atoms with Crippen molar-refractivity contribution in [3.8, 4) is 22.3 Å². The number of allylic oxidation sites excluding steroid dienone is 5. The number of hydrogen-bond acceptors (Lipinski definition) is 2. The summed E-state index contributed by atoms with van der Waals surface area (Å²) in [5, 5.41) is 0. The van der Waals surface area contributed by atoms with Crippen LogP contribution >= 0.6 is 0 Å². The number of aryl methyl sites for hydroxylation is 3. The molecule has 0 saturated carbocycles. The van der Waals surface area contributed by atoms with Crippen molar-refractivity contribution < 1.29 is 0 Å². The van der Waals surface area contributed by atoms with Crippen LogP contribution in [0, 0.1) is 6.92 Å². The summed E-state index contributed by atoms with van der Waals surface area (Å²) in [5.74, 6) is 0. The van der Waals surface area contributed by atoms with E-state index in [1.807, 2.05) is 18.2 Å². The van der Waals surface area contributed by atoms with E-state index in [1.165, 1.54) is 11.4 Å². The Bertz CT molecular complexity index is 2080. The van der Waals surface area contributed by atoms with E-state index in [9.17, 15) is 0 Å². The van der Waals surface area contributed by atoms with Crippen molar-refractivity contribution >= 4 is 40.9 Å². The Kier molecular flexibility index (Phi) is 7.25. The molecule has 0 saturated heterocycles. The highest BCUT2D eigenvalue weighted by Gasteiger charge is 2.21. The molecule has 0 fully saturated rings. The zero-order valence-electron chi connectivity index (χ0n) is 25.1. The normalized spacial score (nSPS) is 13.5. The van der Waals surface area contributed by atoms with Gasteiger partial charge in [0.05, 0.1) is 22.8 Å². The summed E-state index contributed by atoms with van der Waals surface area (Å²) >= 11 is 0. The van der Waals surface area contributed by atoms with Crippen LogP contribution in [0.3, 0.4) is 0 Å². The fraction of sp³-hybridized carbons (Fsp3) is 0.100. The van der Waals surface area contributed by atoms with Gasteiger partial charge in [-0.1, -0.05) is 91.5 Å². The molecule has 0 atom stereocenters. The van der Waals surface area contributed by atoms with Gasteiger partial charge in [0.2, 0.25) is 0 Å². The summed E-state index contributed by atoms with van der Waals surface area (Å²) < 4.78 is 0. The van der Waals surface area contributed by atoms with E-state index in [4.69, 9.17) is 9.97 Å². The topological polar surface area (TPSA) is 57.4 Å². The second kappa shape index (κ2) is 11.7. The van der Waals surface area contributed by atoms with Crippen molar-refractivity contribution in [3.05, 3.63) is 149 Å². The lowest BCUT2D eigenvalue weighted by molar-refractivity contribution is 1.02. The van der Waals surface area contributed by atoms with Crippen LogP contribution in [0.1, 0.15) is 52.2 Å². The molecule has 0 radical (unpaired) electrons. The molecule has 5 heterocycles. The Balaban J connectivity index is 1.64. The molecule has 0 unspecified atom stereocenters. The second-order valence-electron chi connectivity index (χ2n) is 11.3. The third-order valence-corrected chi connectivity index (χ3v) is 8.43. The average Bonchev–Trinajstić information content (AvgIpc) is 3.88. The molecule has 3 aliphatic heterocycles. The molecular weight excluding hydrogens is 536 g/mol. The minimum absolute atomic E-state index is 0.882. The van der Waals surface area contributed by atoms with Crippen molar-refractivity contribution in [3.63, 3.8) is 0 Å². The molecule has 0 aliphatic carbocycles. The van der Waals surface area contributed by atoms with E-state index < -0.39 is 0 Å². The molecule has 0 spiro atoms. The molecule has 4 nitrogen and oxygen atoms in total. The van der Waals surface area contributed by atoms with E-state index in [2.05, 4.69) is 128 Å². The van der Waals surface area contributed by atoms with Crippen LogP contribution in [-0.2, 0) is 12.8 Å². The van der Waals surface area contributed by atoms with E-state index in [0.29, 0.717) is 0 Å². The lowest BCUT2D eigenvalue weighted by Gasteiger charge is -2.07. The Hall–Kier alpha value is -5.48. The minimum atomic E-state index is 0.882. The molecule has 7 rings (SSSR count). The molecule has 3 aliphatic rings. The summed E-state index contributed by atoms with van der Waals surface area (Å²) in [4.78, 5) is 18.1. The third kappa shape index (κ3) is 5.05. The van der Waals surface area contributed by atoms with Crippen LogP contribution in [0.4, 0.5) is 0 Å². The Labute approximate surface area is 258 Å². The van der Waals surface area contributed by atoms with Crippen molar-refractivity contribution in [1.29, 1.82) is 0 Å². The van der Waals surface area contributed by atoms with Crippen molar-refractivity contribution in [2.45, 2.75) is 26.7 Å². The van der Waals surface area contributed by atoms with Gasteiger partial charge in [-0.2, -0.15) is 0 Å². The standard InChI is InChI=1S/C40H34N4/c1-4-5-8-13-26(2)38-32-22-24-36(43-32)39(28-14-9-6-10-15-28)34-20-18-30(41-34)27(3)31-19-21-35(42-31)40(29-16-11-7-12-17-29)37-25-23-33(38)44-37/h4-22,24,41,44H,1,23,25H2,2-3H3/b8-5-,26-13+,31-27?,38-33?,39-36?,40-37?. The molecule has 44 heavy (non-hydrogen) atoms. The summed E-state index contributed by atoms with van der Waals surface area (Å²) in [6.07, 6.45) is 18.3. The van der Waals surface area contributed by atoms with Crippen molar-refractivity contribution in [1.82, 2.24) is 19.9 Å². The van der Waals surface area contributed by atoms with Crippen LogP contribution in [0.2, 0.25) is 0 Å². The van der Waals surface area contributed by atoms with Crippen molar-refractivity contribution in [2.75, 3.05) is 0 Å². The highest BCUT2D eigenvalue weighted by Crippen LogP contribution is 2.36. The smallest absolute Gasteiger partial charge is 0.0737 e. The van der Waals surface area contributed by atoms with Gasteiger partial charge >= 0.3 is 0 Å². The van der Waals surface area contributed by atoms with Crippen LogP contribution in [0.15, 0.2) is 104 Å². The zero-order valence-corrected chi connectivity index (χ0v) is 25.1. The van der Waals surface area contributed by atoms with Gasteiger partial charge in [0.25, 0.3) is 0 Å². The molecule has 0 amide bonds. The molecule has 2 aromatic carbocycles. The van der Waals surface area contributed by atoms with Gasteiger partial charge in [-0.15, -0.1) is 0 Å². The van der Waals surface area contributed by atoms with Gasteiger partial charge in [-0.3, -0.25) is 0 Å². The Morgan fingerprint density at radius 2 is 1.25 bits per heavy atom. The Morgan fingerprint density at radius 1 is 0.659 bits per heavy atom. The number of rotatable bonds is 5. The minimum Gasteiger partial charge on any atom is -0.361 e. The molecule has 2 N–H and O–H groups in total. The number of H-pyrrole nitrogens is 2. The quantitative estimate of drug-likeness (QED) is 0.203. The lowest BCUT2D eigenvalue weighted by Crippen LogP contribution is -1.94. The fourth-order valence-corrected chi connectivity index (χ4v) is 6.26. The predicted molar refractivity (Wildman–Crippen MR) is 186 cm³/mol. The first-order chi connectivity index (χ1) is 21.6. The number of aromatic amines is 2. The molecule has 4 aromatic rings. The van der Waals surface area contributed by atoms with Crippen LogP contribution in [0.25, 0.3) is 63.2 Å². The van der Waals surface area contributed by atoms with Crippen LogP contribution < -0.4 is 0 Å². The molecule has 2 aromatic heterocycles. The van der Waals surface area contributed by atoms with Gasteiger partial charge in [-0.25, -0.2) is 9.97 Å². The van der Waals surface area contributed by atoms with Crippen LogP contribution in [-0.4, -0.2) is 19.9 Å². The van der Waals surface area contributed by atoms with Crippen molar-refractivity contribution in [2.24, 2.45) is 0 Å². The third-order valence-electron chi connectivity index (χ3n) is 8.43. The molecular formula is C40H34N4. The largest absolute Gasteiger partial charge is 0.361 e.